The molecule has 0 saturated carbocycles. The summed E-state index contributed by atoms with van der Waals surface area (Å²) >= 11 is 0. The van der Waals surface area contributed by atoms with Crippen molar-refractivity contribution >= 4 is 0 Å². The first-order valence-electron chi connectivity index (χ1n) is 5.86. The van der Waals surface area contributed by atoms with Crippen LogP contribution in [0.3, 0.4) is 0 Å². The van der Waals surface area contributed by atoms with Crippen molar-refractivity contribution in [2.45, 2.75) is 13.8 Å². The minimum Gasteiger partial charge on any atom is -0.497 e. The summed E-state index contributed by atoms with van der Waals surface area (Å²) < 4.78 is 5.18. The van der Waals surface area contributed by atoms with Crippen molar-refractivity contribution in [2.24, 2.45) is 0 Å². The van der Waals surface area contributed by atoms with Crippen molar-refractivity contribution in [3.8, 4) is 23.1 Å². The van der Waals surface area contributed by atoms with E-state index in [1.165, 1.54) is 0 Å². The van der Waals surface area contributed by atoms with Gasteiger partial charge in [-0.25, -0.2) is 0 Å². The first-order valence-corrected chi connectivity index (χ1v) is 5.86. The van der Waals surface area contributed by atoms with Crippen LogP contribution in [-0.2, 0) is 0 Å². The fourth-order valence-corrected chi connectivity index (χ4v) is 2.02. The molecule has 1 N–H and O–H groups in total. The van der Waals surface area contributed by atoms with Gasteiger partial charge in [0.15, 0.2) is 0 Å². The Kier molecular flexibility index (Phi) is 3.39. The smallest absolute Gasteiger partial charge is 0.266 e. The zero-order chi connectivity index (χ0) is 14.0. The summed E-state index contributed by atoms with van der Waals surface area (Å²) in [4.78, 5) is 14.6. The summed E-state index contributed by atoms with van der Waals surface area (Å²) in [6, 6.07) is 9.38. The molecule has 0 aliphatic carbocycles. The van der Waals surface area contributed by atoms with Crippen LogP contribution in [0.5, 0.6) is 5.75 Å². The molecule has 0 amide bonds. The number of pyridine rings is 1. The molecule has 1 heterocycles. The number of rotatable bonds is 2. The van der Waals surface area contributed by atoms with Crippen molar-refractivity contribution in [3.05, 3.63) is 51.3 Å². The van der Waals surface area contributed by atoms with E-state index >= 15 is 0 Å². The van der Waals surface area contributed by atoms with Crippen LogP contribution < -0.4 is 10.3 Å². The number of benzene rings is 1. The second kappa shape index (κ2) is 4.99. The van der Waals surface area contributed by atoms with Gasteiger partial charge in [0.05, 0.1) is 12.8 Å². The van der Waals surface area contributed by atoms with Gasteiger partial charge in [-0.1, -0.05) is 12.1 Å². The number of ether oxygens (including phenoxy) is 1. The Labute approximate surface area is 111 Å². The van der Waals surface area contributed by atoms with Crippen LogP contribution in [0, 0.1) is 25.2 Å². The molecule has 2 rings (SSSR count). The average Bonchev–Trinajstić information content (AvgIpc) is 2.43. The zero-order valence-electron chi connectivity index (χ0n) is 11.1. The minimum absolute atomic E-state index is 0.171. The average molecular weight is 254 g/mol. The Morgan fingerprint density at radius 2 is 2.00 bits per heavy atom. The van der Waals surface area contributed by atoms with Crippen LogP contribution in [0.25, 0.3) is 11.3 Å². The molecule has 4 nitrogen and oxygen atoms in total. The van der Waals surface area contributed by atoms with Crippen LogP contribution in [0.15, 0.2) is 29.1 Å². The SMILES string of the molecule is COc1cccc(-c2[nH]c(=O)c(C#N)c(C)c2C)c1. The van der Waals surface area contributed by atoms with E-state index < -0.39 is 0 Å². The van der Waals surface area contributed by atoms with Gasteiger partial charge in [-0.3, -0.25) is 4.79 Å². The fraction of sp³-hybridized carbons (Fsp3) is 0.200. The molecule has 96 valence electrons. The molecule has 0 radical (unpaired) electrons. The fourth-order valence-electron chi connectivity index (χ4n) is 2.02. The number of nitriles is 1. The Morgan fingerprint density at radius 1 is 1.26 bits per heavy atom. The largest absolute Gasteiger partial charge is 0.497 e. The van der Waals surface area contributed by atoms with Gasteiger partial charge in [-0.15, -0.1) is 0 Å². The van der Waals surface area contributed by atoms with Gasteiger partial charge in [0, 0.05) is 5.56 Å². The minimum atomic E-state index is -0.358. The van der Waals surface area contributed by atoms with Gasteiger partial charge in [-0.05, 0) is 37.1 Å². The molecule has 0 fully saturated rings. The molecule has 1 aromatic carbocycles. The van der Waals surface area contributed by atoms with Crippen molar-refractivity contribution in [1.29, 1.82) is 5.26 Å². The summed E-state index contributed by atoms with van der Waals surface area (Å²) in [6.45, 7) is 3.67. The van der Waals surface area contributed by atoms with E-state index in [9.17, 15) is 4.79 Å². The predicted octanol–water partition coefficient (Wildman–Crippen LogP) is 2.54. The molecular formula is C15H14N2O2. The monoisotopic (exact) mass is 254 g/mol. The number of hydrogen-bond acceptors (Lipinski definition) is 3. The number of H-pyrrole nitrogens is 1. The number of methoxy groups -OCH3 is 1. The molecule has 0 saturated heterocycles. The number of hydrogen-bond donors (Lipinski definition) is 1. The lowest BCUT2D eigenvalue weighted by Crippen LogP contribution is -2.15. The highest BCUT2D eigenvalue weighted by molar-refractivity contribution is 5.67. The predicted molar refractivity (Wildman–Crippen MR) is 73.2 cm³/mol. The summed E-state index contributed by atoms with van der Waals surface area (Å²) in [5.74, 6) is 0.722. The molecule has 4 heteroatoms. The van der Waals surface area contributed by atoms with Gasteiger partial charge >= 0.3 is 0 Å². The molecule has 0 spiro atoms. The van der Waals surface area contributed by atoms with E-state index in [0.717, 1.165) is 22.6 Å². The van der Waals surface area contributed by atoms with Crippen LogP contribution in [0.1, 0.15) is 16.7 Å². The van der Waals surface area contributed by atoms with E-state index in [4.69, 9.17) is 10.00 Å². The summed E-state index contributed by atoms with van der Waals surface area (Å²) in [5, 5.41) is 8.98. The molecule has 1 aromatic heterocycles. The maximum absolute atomic E-state index is 11.9. The highest BCUT2D eigenvalue weighted by atomic mass is 16.5. The molecule has 2 aromatic rings. The lowest BCUT2D eigenvalue weighted by molar-refractivity contribution is 0.415. The third-order valence-corrected chi connectivity index (χ3v) is 3.25. The van der Waals surface area contributed by atoms with Crippen molar-refractivity contribution in [2.75, 3.05) is 7.11 Å². The molecule has 0 unspecified atom stereocenters. The van der Waals surface area contributed by atoms with Crippen molar-refractivity contribution < 1.29 is 4.74 Å². The topological polar surface area (TPSA) is 65.9 Å². The molecule has 19 heavy (non-hydrogen) atoms. The number of nitrogens with zero attached hydrogens (tertiary/aromatic N) is 1. The van der Waals surface area contributed by atoms with Crippen LogP contribution in [0.4, 0.5) is 0 Å². The highest BCUT2D eigenvalue weighted by Gasteiger charge is 2.12. The second-order valence-corrected chi connectivity index (χ2v) is 4.30. The summed E-state index contributed by atoms with van der Waals surface area (Å²) in [5.41, 5.74) is 3.00. The maximum atomic E-state index is 11.9. The summed E-state index contributed by atoms with van der Waals surface area (Å²) in [7, 11) is 1.60. The Balaban J connectivity index is 2.70. The highest BCUT2D eigenvalue weighted by Crippen LogP contribution is 2.26. The first-order chi connectivity index (χ1) is 9.08. The lowest BCUT2D eigenvalue weighted by atomic mass is 10.00. The standard InChI is InChI=1S/C15H14N2O2/c1-9-10(2)14(17-15(18)13(9)8-16)11-5-4-6-12(7-11)19-3/h4-7H,1-3H3,(H,17,18). The van der Waals surface area contributed by atoms with Crippen LogP contribution in [0.2, 0.25) is 0 Å². The first kappa shape index (κ1) is 12.9. The number of aromatic amines is 1. The maximum Gasteiger partial charge on any atom is 0.266 e. The Hall–Kier alpha value is -2.54. The molecule has 0 bridgehead atoms. The molecular weight excluding hydrogens is 240 g/mol. The normalized spacial score (nSPS) is 10.0. The Bertz CT molecular complexity index is 724. The number of nitrogens with one attached hydrogen (secondary N) is 1. The number of aromatic nitrogens is 1. The third kappa shape index (κ3) is 2.23. The van der Waals surface area contributed by atoms with Crippen molar-refractivity contribution in [3.63, 3.8) is 0 Å². The second-order valence-electron chi connectivity index (χ2n) is 4.30. The van der Waals surface area contributed by atoms with E-state index in [1.807, 2.05) is 37.3 Å². The van der Waals surface area contributed by atoms with Gasteiger partial charge in [0.25, 0.3) is 5.56 Å². The summed E-state index contributed by atoms with van der Waals surface area (Å²) in [6.07, 6.45) is 0. The van der Waals surface area contributed by atoms with E-state index in [2.05, 4.69) is 4.98 Å². The molecule has 0 aliphatic rings. The molecule has 0 atom stereocenters. The molecule has 0 aliphatic heterocycles. The van der Waals surface area contributed by atoms with Crippen LogP contribution >= 0.6 is 0 Å². The van der Waals surface area contributed by atoms with Gasteiger partial charge in [-0.2, -0.15) is 5.26 Å². The van der Waals surface area contributed by atoms with E-state index in [0.29, 0.717) is 5.56 Å². The van der Waals surface area contributed by atoms with Crippen LogP contribution in [-0.4, -0.2) is 12.1 Å². The third-order valence-electron chi connectivity index (χ3n) is 3.25. The quantitative estimate of drug-likeness (QED) is 0.895. The van der Waals surface area contributed by atoms with Gasteiger partial charge in [0.2, 0.25) is 0 Å². The zero-order valence-corrected chi connectivity index (χ0v) is 11.1. The Morgan fingerprint density at radius 3 is 2.63 bits per heavy atom. The van der Waals surface area contributed by atoms with Gasteiger partial charge < -0.3 is 9.72 Å². The lowest BCUT2D eigenvalue weighted by Gasteiger charge is -2.10. The van der Waals surface area contributed by atoms with Gasteiger partial charge in [0.1, 0.15) is 17.4 Å². The van der Waals surface area contributed by atoms with Crippen molar-refractivity contribution in [1.82, 2.24) is 4.98 Å². The van der Waals surface area contributed by atoms with E-state index in [-0.39, 0.29) is 11.1 Å². The van der Waals surface area contributed by atoms with E-state index in [1.54, 1.807) is 14.0 Å².